The van der Waals surface area contributed by atoms with Gasteiger partial charge in [-0.25, -0.2) is 4.79 Å². The second-order valence-electron chi connectivity index (χ2n) is 10.5. The maximum absolute atomic E-state index is 11.0. The summed E-state index contributed by atoms with van der Waals surface area (Å²) in [5, 5.41) is 19.9. The molecule has 1 saturated carbocycles. The zero-order valence-corrected chi connectivity index (χ0v) is 22.0. The van der Waals surface area contributed by atoms with E-state index in [1.54, 1.807) is 6.08 Å². The van der Waals surface area contributed by atoms with Crippen LogP contribution in [-0.2, 0) is 17.6 Å². The Kier molecular flexibility index (Phi) is 7.45. The van der Waals surface area contributed by atoms with E-state index >= 15 is 0 Å². The minimum absolute atomic E-state index is 0.0197. The van der Waals surface area contributed by atoms with Gasteiger partial charge in [0.2, 0.25) is 0 Å². The number of carboxylic acids is 1. The number of nitrogens with zero attached hydrogens (tertiary/aromatic N) is 1. The van der Waals surface area contributed by atoms with Gasteiger partial charge in [-0.1, -0.05) is 54.6 Å². The van der Waals surface area contributed by atoms with Gasteiger partial charge in [-0.3, -0.25) is 0 Å². The molecule has 3 N–H and O–H groups in total. The molecule has 5 rings (SSSR count). The maximum Gasteiger partial charge on any atom is 0.328 e. The molecule has 1 aliphatic carbocycles. The first-order valence-corrected chi connectivity index (χ1v) is 13.4. The SMILES string of the molecule is CN/C=C(\C=N)c1ccc2c(c1)CC(C)N(c1ccc(CC3CC3)cc1)C2c1ccc(/C=C/C(=O)O)cc1. The van der Waals surface area contributed by atoms with Crippen molar-refractivity contribution in [3.05, 3.63) is 112 Å². The second kappa shape index (κ2) is 11.1. The Balaban J connectivity index is 1.56. The Bertz CT molecular complexity index is 1370. The zero-order chi connectivity index (χ0) is 26.6. The Morgan fingerprint density at radius 2 is 1.82 bits per heavy atom. The van der Waals surface area contributed by atoms with Crippen LogP contribution in [-0.4, -0.2) is 30.4 Å². The van der Waals surface area contributed by atoms with Crippen molar-refractivity contribution in [2.24, 2.45) is 5.92 Å². The van der Waals surface area contributed by atoms with Crippen LogP contribution < -0.4 is 10.2 Å². The molecule has 38 heavy (non-hydrogen) atoms. The molecule has 0 radical (unpaired) electrons. The number of carbonyl (C=O) groups is 1. The van der Waals surface area contributed by atoms with Gasteiger partial charge in [0, 0.05) is 42.8 Å². The van der Waals surface area contributed by atoms with Gasteiger partial charge in [-0.05, 0) is 90.1 Å². The summed E-state index contributed by atoms with van der Waals surface area (Å²) in [6.07, 6.45) is 10.8. The number of hydrogen-bond acceptors (Lipinski definition) is 4. The van der Waals surface area contributed by atoms with Gasteiger partial charge >= 0.3 is 5.97 Å². The largest absolute Gasteiger partial charge is 0.478 e. The van der Waals surface area contributed by atoms with Crippen molar-refractivity contribution in [1.29, 1.82) is 5.41 Å². The number of anilines is 1. The topological polar surface area (TPSA) is 76.4 Å². The molecule has 3 aromatic carbocycles. The summed E-state index contributed by atoms with van der Waals surface area (Å²) in [6, 6.07) is 24.1. The number of carboxylic acid groups (broad SMARTS) is 1. The predicted molar refractivity (Wildman–Crippen MR) is 156 cm³/mol. The molecule has 0 aromatic heterocycles. The molecule has 194 valence electrons. The van der Waals surface area contributed by atoms with E-state index in [2.05, 4.69) is 71.7 Å². The maximum atomic E-state index is 11.0. The number of rotatable bonds is 9. The Hall–Kier alpha value is -4.12. The first-order chi connectivity index (χ1) is 18.5. The molecule has 0 spiro atoms. The molecule has 2 aliphatic rings. The number of benzene rings is 3. The number of aliphatic carboxylic acids is 1. The summed E-state index contributed by atoms with van der Waals surface area (Å²) in [7, 11) is 1.85. The van der Waals surface area contributed by atoms with Crippen molar-refractivity contribution in [2.75, 3.05) is 11.9 Å². The number of fused-ring (bicyclic) bond motifs is 1. The number of hydrogen-bond donors (Lipinski definition) is 3. The van der Waals surface area contributed by atoms with Crippen LogP contribution in [0.5, 0.6) is 0 Å². The van der Waals surface area contributed by atoms with E-state index in [1.165, 1.54) is 53.9 Å². The highest BCUT2D eigenvalue weighted by atomic mass is 16.4. The molecule has 0 bridgehead atoms. The molecular formula is C33H35N3O2. The van der Waals surface area contributed by atoms with Crippen LogP contribution in [0.3, 0.4) is 0 Å². The lowest BCUT2D eigenvalue weighted by atomic mass is 9.83. The predicted octanol–water partition coefficient (Wildman–Crippen LogP) is 6.49. The summed E-state index contributed by atoms with van der Waals surface area (Å²) in [5.41, 5.74) is 9.08. The quantitative estimate of drug-likeness (QED) is 0.230. The monoisotopic (exact) mass is 505 g/mol. The standard InChI is InChI=1S/C33H35N3O2/c1-22-17-28-19-27(29(20-34)21-35-2)12-15-31(28)33(26-10-5-23(6-11-26)9-16-32(37)38)36(22)30-13-7-25(8-14-30)18-24-3-4-24/h5-16,19-22,24,33-35H,3-4,17-18H2,1-2H3,(H,37,38)/b16-9+,29-21+,34-20?. The highest BCUT2D eigenvalue weighted by Crippen LogP contribution is 2.42. The summed E-state index contributed by atoms with van der Waals surface area (Å²) < 4.78 is 0. The smallest absolute Gasteiger partial charge is 0.328 e. The minimum Gasteiger partial charge on any atom is -0.478 e. The summed E-state index contributed by atoms with van der Waals surface area (Å²) >= 11 is 0. The third kappa shape index (κ3) is 5.57. The van der Waals surface area contributed by atoms with Crippen molar-refractivity contribution in [3.8, 4) is 0 Å². The van der Waals surface area contributed by atoms with E-state index in [-0.39, 0.29) is 12.1 Å². The van der Waals surface area contributed by atoms with E-state index in [0.717, 1.165) is 34.6 Å². The van der Waals surface area contributed by atoms with Crippen LogP contribution in [0.1, 0.15) is 59.2 Å². The molecule has 2 unspecified atom stereocenters. The van der Waals surface area contributed by atoms with Crippen LogP contribution >= 0.6 is 0 Å². The van der Waals surface area contributed by atoms with E-state index in [4.69, 9.17) is 10.5 Å². The van der Waals surface area contributed by atoms with Crippen LogP contribution in [0.15, 0.2) is 79.0 Å². The van der Waals surface area contributed by atoms with Crippen molar-refractivity contribution in [1.82, 2.24) is 5.32 Å². The highest BCUT2D eigenvalue weighted by Gasteiger charge is 2.34. The van der Waals surface area contributed by atoms with Crippen LogP contribution in [0.2, 0.25) is 0 Å². The summed E-state index contributed by atoms with van der Waals surface area (Å²) in [4.78, 5) is 13.5. The molecule has 5 heteroatoms. The first kappa shape index (κ1) is 25.5. The molecule has 0 amide bonds. The zero-order valence-electron chi connectivity index (χ0n) is 22.0. The van der Waals surface area contributed by atoms with Gasteiger partial charge in [0.05, 0.1) is 6.04 Å². The molecule has 1 heterocycles. The van der Waals surface area contributed by atoms with Crippen molar-refractivity contribution >= 4 is 29.5 Å². The second-order valence-corrected chi connectivity index (χ2v) is 10.5. The summed E-state index contributed by atoms with van der Waals surface area (Å²) in [6.45, 7) is 2.28. The molecule has 3 aromatic rings. The summed E-state index contributed by atoms with van der Waals surface area (Å²) in [5.74, 6) is -0.0899. The number of nitrogens with one attached hydrogen (secondary N) is 2. The van der Waals surface area contributed by atoms with Gasteiger partial charge in [-0.15, -0.1) is 0 Å². The fourth-order valence-electron chi connectivity index (χ4n) is 5.57. The lowest BCUT2D eigenvalue weighted by Gasteiger charge is -2.44. The van der Waals surface area contributed by atoms with Crippen LogP contribution in [0, 0.1) is 11.3 Å². The van der Waals surface area contributed by atoms with Gasteiger partial charge in [0.25, 0.3) is 0 Å². The Labute approximate surface area is 225 Å². The third-order valence-corrected chi connectivity index (χ3v) is 7.62. The number of allylic oxidation sites excluding steroid dienone is 1. The highest BCUT2D eigenvalue weighted by molar-refractivity contribution is 6.08. The van der Waals surface area contributed by atoms with Crippen LogP contribution in [0.25, 0.3) is 11.6 Å². The normalized spacial score (nSPS) is 19.3. The van der Waals surface area contributed by atoms with E-state index in [9.17, 15) is 4.79 Å². The van der Waals surface area contributed by atoms with Crippen molar-refractivity contribution in [3.63, 3.8) is 0 Å². The van der Waals surface area contributed by atoms with E-state index in [1.807, 2.05) is 25.4 Å². The Morgan fingerprint density at radius 3 is 2.45 bits per heavy atom. The molecular weight excluding hydrogens is 470 g/mol. The Morgan fingerprint density at radius 1 is 1.08 bits per heavy atom. The fraction of sp³-hybridized carbons (Fsp3) is 0.273. The van der Waals surface area contributed by atoms with E-state index in [0.29, 0.717) is 0 Å². The van der Waals surface area contributed by atoms with Gasteiger partial charge in [0.1, 0.15) is 0 Å². The average Bonchev–Trinajstić information content (AvgIpc) is 3.74. The van der Waals surface area contributed by atoms with Crippen molar-refractivity contribution in [2.45, 2.75) is 44.7 Å². The molecule has 2 atom stereocenters. The molecule has 0 saturated heterocycles. The van der Waals surface area contributed by atoms with Gasteiger partial charge < -0.3 is 20.7 Å². The van der Waals surface area contributed by atoms with Gasteiger partial charge in [-0.2, -0.15) is 0 Å². The minimum atomic E-state index is -0.951. The third-order valence-electron chi connectivity index (χ3n) is 7.62. The van der Waals surface area contributed by atoms with Gasteiger partial charge in [0.15, 0.2) is 0 Å². The first-order valence-electron chi connectivity index (χ1n) is 13.4. The average molecular weight is 506 g/mol. The lowest BCUT2D eigenvalue weighted by molar-refractivity contribution is -0.131. The lowest BCUT2D eigenvalue weighted by Crippen LogP contribution is -2.43. The molecule has 1 aliphatic heterocycles. The van der Waals surface area contributed by atoms with Crippen molar-refractivity contribution < 1.29 is 9.90 Å². The van der Waals surface area contributed by atoms with Crippen LogP contribution in [0.4, 0.5) is 5.69 Å². The van der Waals surface area contributed by atoms with E-state index < -0.39 is 5.97 Å². The molecule has 5 nitrogen and oxygen atoms in total. The fourth-order valence-corrected chi connectivity index (χ4v) is 5.57. The molecule has 1 fully saturated rings.